The van der Waals surface area contributed by atoms with Crippen LogP contribution in [0.25, 0.3) is 0 Å². The average molecular weight is 332 g/mol. The van der Waals surface area contributed by atoms with Crippen LogP contribution in [-0.2, 0) is 0 Å². The second kappa shape index (κ2) is 5.59. The first-order chi connectivity index (χ1) is 8.50. The molecule has 0 aromatic heterocycles. The van der Waals surface area contributed by atoms with E-state index >= 15 is 0 Å². The highest BCUT2D eigenvalue weighted by atomic mass is 79.9. The lowest BCUT2D eigenvalue weighted by Gasteiger charge is -2.35. The molecule has 1 heterocycles. The van der Waals surface area contributed by atoms with Gasteiger partial charge in [0.05, 0.1) is 5.56 Å². The molecule has 0 unspecified atom stereocenters. The van der Waals surface area contributed by atoms with Gasteiger partial charge >= 0.3 is 0 Å². The molecule has 1 fully saturated rings. The predicted molar refractivity (Wildman–Crippen MR) is 77.1 cm³/mol. The Morgan fingerprint density at radius 3 is 2.72 bits per heavy atom. The minimum atomic E-state index is -0.124. The van der Waals surface area contributed by atoms with Crippen molar-refractivity contribution in [2.24, 2.45) is 0 Å². The van der Waals surface area contributed by atoms with Crippen LogP contribution in [0.3, 0.4) is 0 Å². The highest BCUT2D eigenvalue weighted by Crippen LogP contribution is 2.23. The van der Waals surface area contributed by atoms with Gasteiger partial charge in [0.25, 0.3) is 5.91 Å². The van der Waals surface area contributed by atoms with Crippen molar-refractivity contribution in [3.8, 4) is 0 Å². The van der Waals surface area contributed by atoms with E-state index in [1.54, 1.807) is 18.2 Å². The Labute approximate surface area is 120 Å². The molecule has 98 valence electrons. The Kier molecular flexibility index (Phi) is 4.30. The maximum Gasteiger partial charge on any atom is 0.252 e. The number of hydrogen-bond acceptors (Lipinski definition) is 2. The second-order valence-electron chi connectivity index (χ2n) is 4.89. The molecule has 2 rings (SSSR count). The zero-order valence-corrected chi connectivity index (χ0v) is 12.6. The topological polar surface area (TPSA) is 41.1 Å². The normalized spacial score (nSPS) is 18.4. The highest BCUT2D eigenvalue weighted by Gasteiger charge is 2.29. The first-order valence-corrected chi connectivity index (χ1v) is 7.16. The Balaban J connectivity index is 2.11. The van der Waals surface area contributed by atoms with Gasteiger partial charge in [-0.3, -0.25) is 4.79 Å². The summed E-state index contributed by atoms with van der Waals surface area (Å²) in [6.07, 6.45) is 1.90. The third-order valence-electron chi connectivity index (χ3n) is 3.30. The number of carbonyl (C=O) groups excluding carboxylic acids is 1. The van der Waals surface area contributed by atoms with Gasteiger partial charge in [0.1, 0.15) is 0 Å². The molecule has 2 N–H and O–H groups in total. The number of nitrogens with one attached hydrogen (secondary N) is 2. The summed E-state index contributed by atoms with van der Waals surface area (Å²) < 4.78 is 0.727. The summed E-state index contributed by atoms with van der Waals surface area (Å²) in [6, 6.07) is 5.21. The minimum Gasteiger partial charge on any atom is -0.347 e. The smallest absolute Gasteiger partial charge is 0.252 e. The van der Waals surface area contributed by atoms with Gasteiger partial charge in [-0.15, -0.1) is 0 Å². The fourth-order valence-corrected chi connectivity index (χ4v) is 2.98. The van der Waals surface area contributed by atoms with Gasteiger partial charge in [0.2, 0.25) is 0 Å². The van der Waals surface area contributed by atoms with E-state index in [0.29, 0.717) is 10.6 Å². The highest BCUT2D eigenvalue weighted by molar-refractivity contribution is 9.10. The van der Waals surface area contributed by atoms with Crippen molar-refractivity contribution in [2.75, 3.05) is 13.1 Å². The molecule has 0 atom stereocenters. The molecule has 18 heavy (non-hydrogen) atoms. The average Bonchev–Trinajstić information content (AvgIpc) is 2.28. The van der Waals surface area contributed by atoms with Crippen LogP contribution in [0.4, 0.5) is 0 Å². The van der Waals surface area contributed by atoms with Crippen molar-refractivity contribution < 1.29 is 4.79 Å². The van der Waals surface area contributed by atoms with Crippen LogP contribution in [0.15, 0.2) is 22.7 Å². The molecular formula is C13H16BrClN2O. The lowest BCUT2D eigenvalue weighted by atomic mass is 9.90. The molecule has 0 aliphatic carbocycles. The number of amides is 1. The fourth-order valence-electron chi connectivity index (χ4n) is 2.12. The van der Waals surface area contributed by atoms with Gasteiger partial charge in [-0.25, -0.2) is 0 Å². The van der Waals surface area contributed by atoms with E-state index in [1.807, 2.05) is 0 Å². The lowest BCUT2D eigenvalue weighted by Crippen LogP contribution is -2.52. The zero-order chi connectivity index (χ0) is 13.2. The molecular weight excluding hydrogens is 316 g/mol. The van der Waals surface area contributed by atoms with Crippen LogP contribution in [0.5, 0.6) is 0 Å². The van der Waals surface area contributed by atoms with Crippen molar-refractivity contribution in [3.05, 3.63) is 33.3 Å². The minimum absolute atomic E-state index is 0.0528. The zero-order valence-electron chi connectivity index (χ0n) is 10.2. The van der Waals surface area contributed by atoms with Crippen LogP contribution < -0.4 is 10.6 Å². The molecule has 1 amide bonds. The summed E-state index contributed by atoms with van der Waals surface area (Å²) in [5.74, 6) is -0.0528. The van der Waals surface area contributed by atoms with E-state index in [1.165, 1.54) is 0 Å². The quantitative estimate of drug-likeness (QED) is 0.875. The molecule has 5 heteroatoms. The third kappa shape index (κ3) is 3.25. The molecule has 1 aromatic carbocycles. The SMILES string of the molecule is CC1(NC(=O)c2ccc(Cl)cc2Br)CCNCC1. The molecule has 3 nitrogen and oxygen atoms in total. The number of benzene rings is 1. The number of carbonyl (C=O) groups is 1. The molecule has 0 bridgehead atoms. The van der Waals surface area contributed by atoms with Gasteiger partial charge in [-0.2, -0.15) is 0 Å². The van der Waals surface area contributed by atoms with E-state index in [0.717, 1.165) is 30.4 Å². The van der Waals surface area contributed by atoms with Crippen LogP contribution in [-0.4, -0.2) is 24.5 Å². The Hall–Kier alpha value is -0.580. The van der Waals surface area contributed by atoms with E-state index < -0.39 is 0 Å². The van der Waals surface area contributed by atoms with E-state index in [9.17, 15) is 4.79 Å². The number of rotatable bonds is 2. The largest absolute Gasteiger partial charge is 0.347 e. The van der Waals surface area contributed by atoms with Crippen molar-refractivity contribution >= 4 is 33.4 Å². The number of halogens is 2. The first kappa shape index (κ1) is 13.8. The van der Waals surface area contributed by atoms with Crippen LogP contribution in [0.2, 0.25) is 5.02 Å². The van der Waals surface area contributed by atoms with Crippen molar-refractivity contribution in [3.63, 3.8) is 0 Å². The van der Waals surface area contributed by atoms with Crippen molar-refractivity contribution in [1.82, 2.24) is 10.6 Å². The third-order valence-corrected chi connectivity index (χ3v) is 4.19. The molecule has 1 aromatic rings. The summed E-state index contributed by atoms with van der Waals surface area (Å²) in [6.45, 7) is 3.98. The second-order valence-corrected chi connectivity index (χ2v) is 6.18. The van der Waals surface area contributed by atoms with Gasteiger partial charge in [-0.1, -0.05) is 11.6 Å². The Morgan fingerprint density at radius 2 is 2.11 bits per heavy atom. The summed E-state index contributed by atoms with van der Waals surface area (Å²) in [4.78, 5) is 12.2. The molecule has 1 aliphatic rings. The Bertz CT molecular complexity index is 458. The molecule has 1 aliphatic heterocycles. The van der Waals surface area contributed by atoms with Crippen LogP contribution in [0, 0.1) is 0 Å². The maximum absolute atomic E-state index is 12.2. The van der Waals surface area contributed by atoms with Crippen molar-refractivity contribution in [1.29, 1.82) is 0 Å². The molecule has 0 spiro atoms. The standard InChI is InChI=1S/C13H16BrClN2O/c1-13(4-6-16-7-5-13)17-12(18)10-3-2-9(15)8-11(10)14/h2-3,8,16H,4-7H2,1H3,(H,17,18). The fraction of sp³-hybridized carbons (Fsp3) is 0.462. The van der Waals surface area contributed by atoms with Gasteiger partial charge < -0.3 is 10.6 Å². The summed E-state index contributed by atoms with van der Waals surface area (Å²) in [7, 11) is 0. The van der Waals surface area contributed by atoms with E-state index in [-0.39, 0.29) is 11.4 Å². The van der Waals surface area contributed by atoms with Gasteiger partial charge in [-0.05, 0) is 67.0 Å². The molecule has 1 saturated heterocycles. The number of hydrogen-bond donors (Lipinski definition) is 2. The first-order valence-electron chi connectivity index (χ1n) is 5.98. The van der Waals surface area contributed by atoms with Crippen LogP contribution in [0.1, 0.15) is 30.1 Å². The molecule has 0 saturated carbocycles. The van der Waals surface area contributed by atoms with E-state index in [4.69, 9.17) is 11.6 Å². The van der Waals surface area contributed by atoms with E-state index in [2.05, 4.69) is 33.5 Å². The summed E-state index contributed by atoms with van der Waals surface area (Å²) in [5, 5.41) is 7.03. The maximum atomic E-state index is 12.2. The summed E-state index contributed by atoms with van der Waals surface area (Å²) in [5.41, 5.74) is 0.501. The summed E-state index contributed by atoms with van der Waals surface area (Å²) >= 11 is 9.24. The van der Waals surface area contributed by atoms with Gasteiger partial charge in [0.15, 0.2) is 0 Å². The molecule has 0 radical (unpaired) electrons. The van der Waals surface area contributed by atoms with Gasteiger partial charge in [0, 0.05) is 15.0 Å². The lowest BCUT2D eigenvalue weighted by molar-refractivity contribution is 0.0887. The monoisotopic (exact) mass is 330 g/mol. The predicted octanol–water partition coefficient (Wildman–Crippen LogP) is 2.97. The van der Waals surface area contributed by atoms with Crippen LogP contribution >= 0.6 is 27.5 Å². The Morgan fingerprint density at radius 1 is 1.44 bits per heavy atom. The van der Waals surface area contributed by atoms with Crippen molar-refractivity contribution in [2.45, 2.75) is 25.3 Å². The number of piperidine rings is 1.